The van der Waals surface area contributed by atoms with Gasteiger partial charge in [-0.05, 0) is 36.4 Å². The van der Waals surface area contributed by atoms with E-state index in [1.807, 2.05) is 23.7 Å². The average molecular weight is 462 g/mol. The summed E-state index contributed by atoms with van der Waals surface area (Å²) in [6.07, 6.45) is 0. The van der Waals surface area contributed by atoms with Gasteiger partial charge in [-0.25, -0.2) is 0 Å². The van der Waals surface area contributed by atoms with Gasteiger partial charge >= 0.3 is 0 Å². The minimum absolute atomic E-state index is 0.113. The zero-order valence-corrected chi connectivity index (χ0v) is 17.7. The number of hydrogen-bond donors (Lipinski definition) is 1. The highest BCUT2D eigenvalue weighted by molar-refractivity contribution is 7.99. The van der Waals surface area contributed by atoms with Crippen LogP contribution >= 0.6 is 58.2 Å². The van der Waals surface area contributed by atoms with Crippen molar-refractivity contribution in [3.63, 3.8) is 0 Å². The van der Waals surface area contributed by atoms with Gasteiger partial charge in [0.1, 0.15) is 0 Å². The molecule has 3 rings (SSSR count). The third kappa shape index (κ3) is 4.89. The molecule has 0 aliphatic rings. The lowest BCUT2D eigenvalue weighted by atomic mass is 10.2. The number of aromatic nitrogens is 3. The first kappa shape index (κ1) is 20.3. The van der Waals surface area contributed by atoms with Crippen molar-refractivity contribution in [3.8, 4) is 11.4 Å². The zero-order chi connectivity index (χ0) is 19.6. The summed E-state index contributed by atoms with van der Waals surface area (Å²) in [7, 11) is 1.83. The Morgan fingerprint density at radius 2 is 1.67 bits per heavy atom. The summed E-state index contributed by atoms with van der Waals surface area (Å²) in [4.78, 5) is 12.2. The molecule has 0 aliphatic carbocycles. The predicted octanol–water partition coefficient (Wildman–Crippen LogP) is 5.83. The predicted molar refractivity (Wildman–Crippen MR) is 112 cm³/mol. The van der Waals surface area contributed by atoms with Crippen LogP contribution in [0.25, 0.3) is 11.4 Å². The maximum Gasteiger partial charge on any atom is 0.234 e. The number of anilines is 1. The molecule has 5 nitrogen and oxygen atoms in total. The molecule has 0 spiro atoms. The van der Waals surface area contributed by atoms with Gasteiger partial charge in [-0.1, -0.05) is 58.2 Å². The first-order valence-corrected chi connectivity index (χ1v) is 10.1. The summed E-state index contributed by atoms with van der Waals surface area (Å²) in [6.45, 7) is 0. The molecular weight excluding hydrogens is 450 g/mol. The molecule has 0 bridgehead atoms. The van der Waals surface area contributed by atoms with E-state index < -0.39 is 0 Å². The first-order valence-electron chi connectivity index (χ1n) is 7.57. The van der Waals surface area contributed by atoms with E-state index in [2.05, 4.69) is 15.5 Å². The lowest BCUT2D eigenvalue weighted by molar-refractivity contribution is -0.113. The van der Waals surface area contributed by atoms with Crippen molar-refractivity contribution < 1.29 is 4.79 Å². The second kappa shape index (κ2) is 8.71. The number of carbonyl (C=O) groups is 1. The van der Waals surface area contributed by atoms with Crippen LogP contribution < -0.4 is 5.32 Å². The highest BCUT2D eigenvalue weighted by Crippen LogP contribution is 2.34. The largest absolute Gasteiger partial charge is 0.323 e. The van der Waals surface area contributed by atoms with Gasteiger partial charge in [0.2, 0.25) is 5.91 Å². The Bertz CT molecular complexity index is 968. The Balaban J connectivity index is 1.67. The summed E-state index contributed by atoms with van der Waals surface area (Å²) in [5.41, 5.74) is 1.21. The summed E-state index contributed by atoms with van der Waals surface area (Å²) in [5.74, 6) is 0.516. The van der Waals surface area contributed by atoms with Crippen LogP contribution in [0.2, 0.25) is 20.1 Å². The van der Waals surface area contributed by atoms with E-state index >= 15 is 0 Å². The molecule has 0 aliphatic heterocycles. The average Bonchev–Trinajstić information content (AvgIpc) is 2.98. The Labute approximate surface area is 180 Å². The number of carbonyl (C=O) groups excluding carboxylic acids is 1. The van der Waals surface area contributed by atoms with Crippen molar-refractivity contribution in [1.82, 2.24) is 14.8 Å². The smallest absolute Gasteiger partial charge is 0.234 e. The highest BCUT2D eigenvalue weighted by Gasteiger charge is 2.15. The minimum atomic E-state index is -0.276. The van der Waals surface area contributed by atoms with Crippen LogP contribution in [-0.2, 0) is 11.8 Å². The summed E-state index contributed by atoms with van der Waals surface area (Å²) >= 11 is 25.2. The van der Waals surface area contributed by atoms with E-state index in [0.29, 0.717) is 26.7 Å². The third-order valence-electron chi connectivity index (χ3n) is 3.54. The molecule has 1 N–H and O–H groups in total. The molecule has 1 amide bonds. The van der Waals surface area contributed by atoms with Crippen LogP contribution in [0.1, 0.15) is 0 Å². The van der Waals surface area contributed by atoms with Gasteiger partial charge in [-0.2, -0.15) is 0 Å². The Morgan fingerprint density at radius 1 is 1.04 bits per heavy atom. The van der Waals surface area contributed by atoms with E-state index in [9.17, 15) is 4.79 Å². The molecule has 0 saturated carbocycles. The van der Waals surface area contributed by atoms with Gasteiger partial charge in [-0.3, -0.25) is 4.79 Å². The fourth-order valence-electron chi connectivity index (χ4n) is 2.26. The van der Waals surface area contributed by atoms with Crippen LogP contribution in [-0.4, -0.2) is 26.4 Å². The molecule has 2 aromatic carbocycles. The zero-order valence-electron chi connectivity index (χ0n) is 13.8. The van der Waals surface area contributed by atoms with Gasteiger partial charge in [-0.15, -0.1) is 10.2 Å². The van der Waals surface area contributed by atoms with Crippen molar-refractivity contribution >= 4 is 69.8 Å². The normalized spacial score (nSPS) is 10.9. The molecule has 10 heteroatoms. The molecule has 140 valence electrons. The molecule has 0 fully saturated rings. The van der Waals surface area contributed by atoms with E-state index in [-0.39, 0.29) is 21.7 Å². The quantitative estimate of drug-likeness (QED) is 0.485. The summed E-state index contributed by atoms with van der Waals surface area (Å²) in [5, 5.41) is 13.2. The highest BCUT2D eigenvalue weighted by atomic mass is 35.5. The van der Waals surface area contributed by atoms with E-state index in [1.54, 1.807) is 12.1 Å². The number of amides is 1. The standard InChI is InChI=1S/C17H12Cl4N4OS/c1-25-16(9-2-4-10(18)5-3-9)23-24-17(25)27-8-14(26)22-15-12(20)6-11(19)7-13(15)21/h2-7H,8H2,1H3,(H,22,26). The molecule has 0 unspecified atom stereocenters. The van der Waals surface area contributed by atoms with E-state index in [0.717, 1.165) is 5.56 Å². The van der Waals surface area contributed by atoms with Crippen molar-refractivity contribution in [2.45, 2.75) is 5.16 Å². The van der Waals surface area contributed by atoms with E-state index in [4.69, 9.17) is 46.4 Å². The Kier molecular flexibility index (Phi) is 6.55. The van der Waals surface area contributed by atoms with Crippen molar-refractivity contribution in [3.05, 3.63) is 56.5 Å². The van der Waals surface area contributed by atoms with Crippen LogP contribution in [0.3, 0.4) is 0 Å². The number of benzene rings is 2. The fourth-order valence-corrected chi connectivity index (χ4v) is 4.01. The van der Waals surface area contributed by atoms with Crippen molar-refractivity contribution in [2.75, 3.05) is 11.1 Å². The number of nitrogens with one attached hydrogen (secondary N) is 1. The Hall–Kier alpha value is -1.44. The van der Waals surface area contributed by atoms with Gasteiger partial charge < -0.3 is 9.88 Å². The van der Waals surface area contributed by atoms with Crippen molar-refractivity contribution in [1.29, 1.82) is 0 Å². The van der Waals surface area contributed by atoms with Gasteiger partial charge in [0.15, 0.2) is 11.0 Å². The molecule has 0 radical (unpaired) electrons. The number of halogens is 4. The molecule has 3 aromatic rings. The van der Waals surface area contributed by atoms with Crippen LogP contribution in [0, 0.1) is 0 Å². The van der Waals surface area contributed by atoms with Crippen LogP contribution in [0.4, 0.5) is 5.69 Å². The second-order valence-corrected chi connectivity index (χ2v) is 8.08. The molecule has 0 saturated heterocycles. The first-order chi connectivity index (χ1) is 12.8. The van der Waals surface area contributed by atoms with Gasteiger partial charge in [0.05, 0.1) is 21.5 Å². The lowest BCUT2D eigenvalue weighted by Gasteiger charge is -2.09. The topological polar surface area (TPSA) is 59.8 Å². The number of hydrogen-bond acceptors (Lipinski definition) is 4. The summed E-state index contributed by atoms with van der Waals surface area (Å²) in [6, 6.07) is 10.3. The molecule has 1 aromatic heterocycles. The van der Waals surface area contributed by atoms with Crippen LogP contribution in [0.5, 0.6) is 0 Å². The number of rotatable bonds is 5. The third-order valence-corrected chi connectivity index (χ3v) is 5.63. The monoisotopic (exact) mass is 460 g/mol. The summed E-state index contributed by atoms with van der Waals surface area (Å²) < 4.78 is 1.81. The Morgan fingerprint density at radius 3 is 2.30 bits per heavy atom. The maximum atomic E-state index is 12.2. The molecule has 27 heavy (non-hydrogen) atoms. The van der Waals surface area contributed by atoms with Crippen molar-refractivity contribution in [2.24, 2.45) is 7.05 Å². The SMILES string of the molecule is Cn1c(SCC(=O)Nc2c(Cl)cc(Cl)cc2Cl)nnc1-c1ccc(Cl)cc1. The molecular formula is C17H12Cl4N4OS. The molecule has 1 heterocycles. The number of thioether (sulfide) groups is 1. The van der Waals surface area contributed by atoms with Gasteiger partial charge in [0, 0.05) is 22.7 Å². The van der Waals surface area contributed by atoms with Crippen LogP contribution in [0.15, 0.2) is 41.6 Å². The van der Waals surface area contributed by atoms with Gasteiger partial charge in [0.25, 0.3) is 0 Å². The second-order valence-electron chi connectivity index (χ2n) is 5.45. The van der Waals surface area contributed by atoms with E-state index in [1.165, 1.54) is 23.9 Å². The lowest BCUT2D eigenvalue weighted by Crippen LogP contribution is -2.15. The maximum absolute atomic E-state index is 12.2. The molecule has 0 atom stereocenters. The minimum Gasteiger partial charge on any atom is -0.323 e. The fraction of sp³-hybridized carbons (Fsp3) is 0.118. The number of nitrogens with zero attached hydrogens (tertiary/aromatic N) is 3.